The van der Waals surface area contributed by atoms with E-state index in [1.807, 2.05) is 36.2 Å². The molecule has 1 aliphatic heterocycles. The highest BCUT2D eigenvalue weighted by Gasteiger charge is 2.27. The number of aliphatic imine (C=N–C) groups is 1. The molecule has 0 spiro atoms. The minimum absolute atomic E-state index is 0.258. The Morgan fingerprint density at radius 3 is 2.78 bits per heavy atom. The fourth-order valence-corrected chi connectivity index (χ4v) is 4.30. The number of rotatable bonds is 5. The molecule has 0 atom stereocenters. The number of halogens is 1. The van der Waals surface area contributed by atoms with Crippen LogP contribution in [0, 0.1) is 0 Å². The van der Waals surface area contributed by atoms with Gasteiger partial charge in [0, 0.05) is 45.3 Å². The second-order valence-electron chi connectivity index (χ2n) is 5.49. The van der Waals surface area contributed by atoms with Crippen LogP contribution < -0.4 is 5.32 Å². The molecule has 0 bridgehead atoms. The molecule has 23 heavy (non-hydrogen) atoms. The molecule has 128 valence electrons. The van der Waals surface area contributed by atoms with E-state index in [0.717, 1.165) is 10.6 Å². The van der Waals surface area contributed by atoms with Crippen LogP contribution in [0.4, 0.5) is 0 Å². The van der Waals surface area contributed by atoms with E-state index >= 15 is 0 Å². The van der Waals surface area contributed by atoms with Crippen LogP contribution in [0.1, 0.15) is 12.0 Å². The van der Waals surface area contributed by atoms with Gasteiger partial charge in [-0.1, -0.05) is 29.8 Å². The van der Waals surface area contributed by atoms with Crippen molar-refractivity contribution in [3.8, 4) is 0 Å². The third kappa shape index (κ3) is 4.83. The number of nitrogens with one attached hydrogen (secondary N) is 1. The molecular weight excluding hydrogens is 336 g/mol. The van der Waals surface area contributed by atoms with Gasteiger partial charge in [0.15, 0.2) is 5.96 Å². The van der Waals surface area contributed by atoms with E-state index in [4.69, 9.17) is 11.6 Å². The lowest BCUT2D eigenvalue weighted by molar-refractivity contribution is 0.432. The Balaban J connectivity index is 1.86. The molecule has 1 aromatic rings. The van der Waals surface area contributed by atoms with Gasteiger partial charge in [-0.15, -0.1) is 0 Å². The second kappa shape index (κ2) is 7.99. The van der Waals surface area contributed by atoms with Crippen molar-refractivity contribution in [1.82, 2.24) is 14.5 Å². The number of guanidine groups is 1. The van der Waals surface area contributed by atoms with E-state index in [2.05, 4.69) is 10.3 Å². The molecule has 1 aromatic carbocycles. The van der Waals surface area contributed by atoms with Gasteiger partial charge in [0.05, 0.1) is 5.75 Å². The van der Waals surface area contributed by atoms with Crippen molar-refractivity contribution in [2.75, 3.05) is 39.5 Å². The van der Waals surface area contributed by atoms with E-state index < -0.39 is 10.0 Å². The highest BCUT2D eigenvalue weighted by Crippen LogP contribution is 2.16. The van der Waals surface area contributed by atoms with Crippen LogP contribution in [0.2, 0.25) is 5.02 Å². The molecule has 8 heteroatoms. The van der Waals surface area contributed by atoms with Crippen LogP contribution >= 0.6 is 11.6 Å². The lowest BCUT2D eigenvalue weighted by Crippen LogP contribution is -2.42. The smallest absolute Gasteiger partial charge is 0.214 e. The first kappa shape index (κ1) is 18.0. The third-order valence-corrected chi connectivity index (χ3v) is 6.11. The van der Waals surface area contributed by atoms with E-state index in [-0.39, 0.29) is 5.75 Å². The SMILES string of the molecule is CN=C(NCCN1CCCS1(=O)=O)N(C)Cc1ccccc1Cl. The molecule has 1 fully saturated rings. The van der Waals surface area contributed by atoms with Gasteiger partial charge in [-0.2, -0.15) is 0 Å². The molecule has 1 saturated heterocycles. The summed E-state index contributed by atoms with van der Waals surface area (Å²) in [6.07, 6.45) is 0.712. The molecule has 1 heterocycles. The topological polar surface area (TPSA) is 65.0 Å². The zero-order chi connectivity index (χ0) is 16.9. The third-order valence-electron chi connectivity index (χ3n) is 3.79. The minimum Gasteiger partial charge on any atom is -0.355 e. The van der Waals surface area contributed by atoms with E-state index in [1.165, 1.54) is 4.31 Å². The standard InChI is InChI=1S/C15H23ClN4O2S/c1-17-15(18-8-10-20-9-5-11-23(20,21)22)19(2)12-13-6-3-4-7-14(13)16/h3-4,6-7H,5,8-12H2,1-2H3,(H,17,18). The summed E-state index contributed by atoms with van der Waals surface area (Å²) in [5.41, 5.74) is 1.02. The molecule has 2 rings (SSSR count). The van der Waals surface area contributed by atoms with Crippen molar-refractivity contribution < 1.29 is 8.42 Å². The Labute approximate surface area is 143 Å². The molecule has 1 aliphatic rings. The summed E-state index contributed by atoms with van der Waals surface area (Å²) in [7, 11) is 0.585. The summed E-state index contributed by atoms with van der Waals surface area (Å²) < 4.78 is 25.1. The van der Waals surface area contributed by atoms with Crippen molar-refractivity contribution in [3.63, 3.8) is 0 Å². The molecule has 0 radical (unpaired) electrons. The highest BCUT2D eigenvalue weighted by molar-refractivity contribution is 7.89. The number of sulfonamides is 1. The first-order chi connectivity index (χ1) is 10.9. The Kier molecular flexibility index (Phi) is 6.26. The molecule has 0 saturated carbocycles. The lowest BCUT2D eigenvalue weighted by Gasteiger charge is -2.23. The number of hydrogen-bond donors (Lipinski definition) is 1. The predicted octanol–water partition coefficient (Wildman–Crippen LogP) is 1.38. The van der Waals surface area contributed by atoms with Crippen molar-refractivity contribution in [1.29, 1.82) is 0 Å². The largest absolute Gasteiger partial charge is 0.355 e. The molecule has 0 aromatic heterocycles. The van der Waals surface area contributed by atoms with Gasteiger partial charge in [0.1, 0.15) is 0 Å². The van der Waals surface area contributed by atoms with E-state index in [1.54, 1.807) is 7.05 Å². The Bertz CT molecular complexity index is 663. The summed E-state index contributed by atoms with van der Waals surface area (Å²) in [5.74, 6) is 0.968. The van der Waals surface area contributed by atoms with Crippen LogP contribution in [0.15, 0.2) is 29.3 Å². The Hall–Kier alpha value is -1.31. The number of benzene rings is 1. The van der Waals surface area contributed by atoms with Crippen LogP contribution in [0.25, 0.3) is 0 Å². The highest BCUT2D eigenvalue weighted by atomic mass is 35.5. The summed E-state index contributed by atoms with van der Waals surface area (Å²) in [6.45, 7) is 2.22. The van der Waals surface area contributed by atoms with Crippen molar-refractivity contribution in [3.05, 3.63) is 34.9 Å². The lowest BCUT2D eigenvalue weighted by atomic mass is 10.2. The number of nitrogens with zero attached hydrogens (tertiary/aromatic N) is 3. The average Bonchev–Trinajstić information content (AvgIpc) is 2.84. The van der Waals surface area contributed by atoms with Gasteiger partial charge < -0.3 is 10.2 Å². The zero-order valence-corrected chi connectivity index (χ0v) is 15.1. The van der Waals surface area contributed by atoms with Gasteiger partial charge in [-0.25, -0.2) is 12.7 Å². The van der Waals surface area contributed by atoms with Crippen LogP contribution in [0.3, 0.4) is 0 Å². The summed E-state index contributed by atoms with van der Waals surface area (Å²) in [5, 5.41) is 3.92. The summed E-state index contributed by atoms with van der Waals surface area (Å²) >= 11 is 6.18. The molecule has 0 unspecified atom stereocenters. The molecule has 0 aliphatic carbocycles. The second-order valence-corrected chi connectivity index (χ2v) is 7.99. The zero-order valence-electron chi connectivity index (χ0n) is 13.5. The summed E-state index contributed by atoms with van der Waals surface area (Å²) in [6, 6.07) is 7.68. The maximum absolute atomic E-state index is 11.8. The fourth-order valence-electron chi connectivity index (χ4n) is 2.58. The van der Waals surface area contributed by atoms with Crippen molar-refractivity contribution in [2.45, 2.75) is 13.0 Å². The maximum Gasteiger partial charge on any atom is 0.214 e. The first-order valence-corrected chi connectivity index (χ1v) is 9.56. The quantitative estimate of drug-likeness (QED) is 0.638. The molecular formula is C15H23ClN4O2S. The van der Waals surface area contributed by atoms with Crippen LogP contribution in [-0.2, 0) is 16.6 Å². The van der Waals surface area contributed by atoms with Gasteiger partial charge in [-0.3, -0.25) is 4.99 Å². The number of hydrogen-bond acceptors (Lipinski definition) is 3. The normalized spacial score (nSPS) is 18.1. The Morgan fingerprint density at radius 2 is 2.17 bits per heavy atom. The van der Waals surface area contributed by atoms with E-state index in [0.29, 0.717) is 38.6 Å². The van der Waals surface area contributed by atoms with Gasteiger partial charge in [-0.05, 0) is 18.1 Å². The van der Waals surface area contributed by atoms with Crippen LogP contribution in [0.5, 0.6) is 0 Å². The molecule has 6 nitrogen and oxygen atoms in total. The van der Waals surface area contributed by atoms with Gasteiger partial charge in [0.25, 0.3) is 0 Å². The Morgan fingerprint density at radius 1 is 1.43 bits per heavy atom. The van der Waals surface area contributed by atoms with Gasteiger partial charge >= 0.3 is 0 Å². The predicted molar refractivity (Wildman–Crippen MR) is 94.3 cm³/mol. The monoisotopic (exact) mass is 358 g/mol. The molecule has 1 N–H and O–H groups in total. The van der Waals surface area contributed by atoms with Crippen molar-refractivity contribution >= 4 is 27.6 Å². The van der Waals surface area contributed by atoms with E-state index in [9.17, 15) is 8.42 Å². The fraction of sp³-hybridized carbons (Fsp3) is 0.533. The minimum atomic E-state index is -3.04. The first-order valence-electron chi connectivity index (χ1n) is 7.57. The van der Waals surface area contributed by atoms with Crippen molar-refractivity contribution in [2.24, 2.45) is 4.99 Å². The van der Waals surface area contributed by atoms with Crippen LogP contribution in [-0.4, -0.2) is 63.1 Å². The molecule has 0 amide bonds. The average molecular weight is 359 g/mol. The summed E-state index contributed by atoms with van der Waals surface area (Å²) in [4.78, 5) is 6.19. The van der Waals surface area contributed by atoms with Gasteiger partial charge in [0.2, 0.25) is 10.0 Å². The maximum atomic E-state index is 11.8.